The summed E-state index contributed by atoms with van der Waals surface area (Å²) < 4.78 is 0. The normalized spacial score (nSPS) is 16.6. The minimum atomic E-state index is -0.355. The van der Waals surface area contributed by atoms with Crippen LogP contribution in [0, 0.1) is 0 Å². The van der Waals surface area contributed by atoms with Crippen LogP contribution in [0.2, 0.25) is 0 Å². The fourth-order valence-electron chi connectivity index (χ4n) is 2.83. The Kier molecular flexibility index (Phi) is 4.50. The van der Waals surface area contributed by atoms with Gasteiger partial charge >= 0.3 is 6.03 Å². The molecule has 2 heterocycles. The highest BCUT2D eigenvalue weighted by atomic mass is 32.2. The fourth-order valence-corrected chi connectivity index (χ4v) is 3.62. The summed E-state index contributed by atoms with van der Waals surface area (Å²) in [7, 11) is 0. The first kappa shape index (κ1) is 16.8. The number of fused-ring (bicyclic) bond motifs is 1. The Hall–Kier alpha value is -2.61. The van der Waals surface area contributed by atoms with E-state index in [4.69, 9.17) is 0 Å². The number of hydrogen-bond acceptors (Lipinski definition) is 5. The molecule has 0 unspecified atom stereocenters. The second-order valence-corrected chi connectivity index (χ2v) is 7.33. The molecule has 4 amide bonds. The van der Waals surface area contributed by atoms with Gasteiger partial charge in [0.05, 0.1) is 21.9 Å². The van der Waals surface area contributed by atoms with Crippen LogP contribution in [0.25, 0.3) is 10.9 Å². The third kappa shape index (κ3) is 3.50. The number of nitrogens with one attached hydrogen (secondary N) is 2. The molecule has 2 aromatic rings. The van der Waals surface area contributed by atoms with E-state index in [2.05, 4.69) is 15.6 Å². The summed E-state index contributed by atoms with van der Waals surface area (Å²) in [5.41, 5.74) is 1.28. The Labute approximate surface area is 154 Å². The third-order valence-electron chi connectivity index (χ3n) is 4.35. The van der Waals surface area contributed by atoms with Crippen molar-refractivity contribution in [3.8, 4) is 0 Å². The molecule has 2 aliphatic rings. The number of aromatic nitrogens is 1. The molecular formula is C18H18N4O3S. The van der Waals surface area contributed by atoms with E-state index in [9.17, 15) is 14.4 Å². The topological polar surface area (TPSA) is 91.4 Å². The SMILES string of the molecule is O=C(NC1CC1)c1cc(SCC(=O)N2CCNC2=O)nc2ccccc12. The number of hydrogen-bond donors (Lipinski definition) is 2. The van der Waals surface area contributed by atoms with Gasteiger partial charge in [-0.05, 0) is 25.0 Å². The number of thioether (sulfide) groups is 1. The van der Waals surface area contributed by atoms with Crippen molar-refractivity contribution in [1.82, 2.24) is 20.5 Å². The van der Waals surface area contributed by atoms with Crippen molar-refractivity contribution in [2.45, 2.75) is 23.9 Å². The third-order valence-corrected chi connectivity index (χ3v) is 5.25. The highest BCUT2D eigenvalue weighted by molar-refractivity contribution is 7.99. The molecular weight excluding hydrogens is 352 g/mol. The minimum absolute atomic E-state index is 0.0996. The lowest BCUT2D eigenvalue weighted by Gasteiger charge is -2.12. The summed E-state index contributed by atoms with van der Waals surface area (Å²) in [4.78, 5) is 42.1. The van der Waals surface area contributed by atoms with E-state index in [1.807, 2.05) is 24.3 Å². The van der Waals surface area contributed by atoms with Crippen molar-refractivity contribution in [2.75, 3.05) is 18.8 Å². The summed E-state index contributed by atoms with van der Waals surface area (Å²) in [6.07, 6.45) is 2.03. The van der Waals surface area contributed by atoms with Crippen molar-refractivity contribution in [3.05, 3.63) is 35.9 Å². The second kappa shape index (κ2) is 6.95. The lowest BCUT2D eigenvalue weighted by atomic mass is 10.1. The number of rotatable bonds is 5. The van der Waals surface area contributed by atoms with E-state index >= 15 is 0 Å². The summed E-state index contributed by atoms with van der Waals surface area (Å²) in [5.74, 6) is -0.273. The maximum absolute atomic E-state index is 12.6. The summed E-state index contributed by atoms with van der Waals surface area (Å²) in [6, 6.07) is 9.10. The molecule has 1 aromatic carbocycles. The first-order chi connectivity index (χ1) is 12.6. The van der Waals surface area contributed by atoms with Gasteiger partial charge in [0.15, 0.2) is 0 Å². The zero-order valence-corrected chi connectivity index (χ0v) is 14.8. The predicted octanol–water partition coefficient (Wildman–Crippen LogP) is 1.77. The summed E-state index contributed by atoms with van der Waals surface area (Å²) in [6.45, 7) is 0.868. The smallest absolute Gasteiger partial charge is 0.324 e. The molecule has 0 atom stereocenters. The van der Waals surface area contributed by atoms with Crippen LogP contribution >= 0.6 is 11.8 Å². The first-order valence-corrected chi connectivity index (χ1v) is 9.52. The monoisotopic (exact) mass is 370 g/mol. The van der Waals surface area contributed by atoms with Gasteiger partial charge in [0, 0.05) is 24.5 Å². The van der Waals surface area contributed by atoms with Crippen LogP contribution in [0.5, 0.6) is 0 Å². The molecule has 8 heteroatoms. The van der Waals surface area contributed by atoms with Crippen LogP contribution in [0.4, 0.5) is 4.79 Å². The highest BCUT2D eigenvalue weighted by Gasteiger charge is 2.27. The van der Waals surface area contributed by atoms with Gasteiger partial charge in [0.1, 0.15) is 0 Å². The van der Waals surface area contributed by atoms with Gasteiger partial charge in [-0.1, -0.05) is 30.0 Å². The van der Waals surface area contributed by atoms with Crippen molar-refractivity contribution in [1.29, 1.82) is 0 Å². The zero-order chi connectivity index (χ0) is 18.1. The molecule has 2 N–H and O–H groups in total. The van der Waals surface area contributed by atoms with Crippen molar-refractivity contribution >= 4 is 40.5 Å². The molecule has 1 saturated carbocycles. The molecule has 1 saturated heterocycles. The maximum Gasteiger partial charge on any atom is 0.324 e. The fraction of sp³-hybridized carbons (Fsp3) is 0.333. The Balaban J connectivity index is 1.55. The number of pyridine rings is 1. The molecule has 1 aliphatic carbocycles. The van der Waals surface area contributed by atoms with E-state index in [0.29, 0.717) is 29.2 Å². The molecule has 4 rings (SSSR count). The average molecular weight is 370 g/mol. The van der Waals surface area contributed by atoms with E-state index in [1.54, 1.807) is 6.07 Å². The Morgan fingerprint density at radius 2 is 2.12 bits per heavy atom. The highest BCUT2D eigenvalue weighted by Crippen LogP contribution is 2.26. The lowest BCUT2D eigenvalue weighted by molar-refractivity contribution is -0.124. The number of urea groups is 1. The Bertz CT molecular complexity index is 897. The van der Waals surface area contributed by atoms with Crippen molar-refractivity contribution in [3.63, 3.8) is 0 Å². The number of carbonyl (C=O) groups excluding carboxylic acids is 3. The summed E-state index contributed by atoms with van der Waals surface area (Å²) >= 11 is 1.24. The zero-order valence-electron chi connectivity index (χ0n) is 14.0. The average Bonchev–Trinajstić information content (AvgIpc) is 3.36. The van der Waals surface area contributed by atoms with Crippen LogP contribution in [0.15, 0.2) is 35.4 Å². The van der Waals surface area contributed by atoms with Crippen LogP contribution in [0.3, 0.4) is 0 Å². The first-order valence-electron chi connectivity index (χ1n) is 8.53. The standard InChI is InChI=1S/C18H18N4O3S/c23-16(22-8-7-19-18(22)25)10-26-15-9-13(17(24)20-11-5-6-11)12-3-1-2-4-14(12)21-15/h1-4,9,11H,5-8,10H2,(H,19,25)(H,20,24). The van der Waals surface area contributed by atoms with E-state index in [1.165, 1.54) is 16.7 Å². The van der Waals surface area contributed by atoms with Gasteiger partial charge in [-0.15, -0.1) is 0 Å². The van der Waals surface area contributed by atoms with Crippen LogP contribution < -0.4 is 10.6 Å². The van der Waals surface area contributed by atoms with Crippen LogP contribution in [-0.2, 0) is 4.79 Å². The van der Waals surface area contributed by atoms with Gasteiger partial charge < -0.3 is 10.6 Å². The van der Waals surface area contributed by atoms with Crippen molar-refractivity contribution in [2.24, 2.45) is 0 Å². The number of nitrogens with zero attached hydrogens (tertiary/aromatic N) is 2. The molecule has 2 fully saturated rings. The summed E-state index contributed by atoms with van der Waals surface area (Å²) in [5, 5.41) is 7.00. The van der Waals surface area contributed by atoms with E-state index in [-0.39, 0.29) is 29.6 Å². The predicted molar refractivity (Wildman–Crippen MR) is 98.1 cm³/mol. The molecule has 7 nitrogen and oxygen atoms in total. The maximum atomic E-state index is 12.6. The Morgan fingerprint density at radius 3 is 2.85 bits per heavy atom. The van der Waals surface area contributed by atoms with Crippen LogP contribution in [-0.4, -0.2) is 52.6 Å². The van der Waals surface area contributed by atoms with Gasteiger partial charge in [-0.25, -0.2) is 9.78 Å². The molecule has 0 radical (unpaired) electrons. The number of benzene rings is 1. The molecule has 0 spiro atoms. The largest absolute Gasteiger partial charge is 0.349 e. The van der Waals surface area contributed by atoms with Crippen molar-refractivity contribution < 1.29 is 14.4 Å². The Morgan fingerprint density at radius 1 is 1.31 bits per heavy atom. The number of amides is 4. The number of para-hydroxylation sites is 1. The minimum Gasteiger partial charge on any atom is -0.349 e. The van der Waals surface area contributed by atoms with Gasteiger partial charge in [0.2, 0.25) is 5.91 Å². The molecule has 1 aliphatic heterocycles. The molecule has 26 heavy (non-hydrogen) atoms. The number of carbonyl (C=O) groups is 3. The molecule has 1 aromatic heterocycles. The second-order valence-electron chi connectivity index (χ2n) is 6.34. The quantitative estimate of drug-likeness (QED) is 0.783. The van der Waals surface area contributed by atoms with Gasteiger partial charge in [-0.3, -0.25) is 14.5 Å². The number of imide groups is 1. The van der Waals surface area contributed by atoms with E-state index < -0.39 is 0 Å². The lowest BCUT2D eigenvalue weighted by Crippen LogP contribution is -2.35. The van der Waals surface area contributed by atoms with E-state index in [0.717, 1.165) is 18.2 Å². The van der Waals surface area contributed by atoms with Crippen LogP contribution in [0.1, 0.15) is 23.2 Å². The van der Waals surface area contributed by atoms with Gasteiger partial charge in [-0.2, -0.15) is 0 Å². The van der Waals surface area contributed by atoms with Gasteiger partial charge in [0.25, 0.3) is 5.91 Å². The molecule has 0 bridgehead atoms. The molecule has 134 valence electrons.